The summed E-state index contributed by atoms with van der Waals surface area (Å²) < 4.78 is 0. The molecule has 106 valence electrons. The highest BCUT2D eigenvalue weighted by Gasteiger charge is 2.14. The average Bonchev–Trinajstić information content (AvgIpc) is 2.49. The smallest absolute Gasteiger partial charge is 0.0801 e. The Morgan fingerprint density at radius 2 is 1.75 bits per heavy atom. The Morgan fingerprint density at radius 3 is 2.30 bits per heavy atom. The second-order valence-corrected chi connectivity index (χ2v) is 5.34. The molecule has 0 saturated carbocycles. The van der Waals surface area contributed by atoms with Crippen LogP contribution in [0.3, 0.4) is 0 Å². The molecule has 1 heterocycles. The summed E-state index contributed by atoms with van der Waals surface area (Å²) in [6, 6.07) is 8.91. The topological polar surface area (TPSA) is 37.8 Å². The van der Waals surface area contributed by atoms with Gasteiger partial charge in [0.1, 0.15) is 0 Å². The predicted octanol–water partition coefficient (Wildman–Crippen LogP) is 3.69. The lowest BCUT2D eigenvalue weighted by molar-refractivity contribution is 0.584. The van der Waals surface area contributed by atoms with Crippen molar-refractivity contribution in [3.63, 3.8) is 0 Å². The van der Waals surface area contributed by atoms with Gasteiger partial charge in [-0.05, 0) is 30.0 Å². The normalized spacial score (nSPS) is 12.6. The maximum atomic E-state index is 4.44. The van der Waals surface area contributed by atoms with E-state index in [-0.39, 0.29) is 6.04 Å². The van der Waals surface area contributed by atoms with Gasteiger partial charge in [-0.1, -0.05) is 45.0 Å². The summed E-state index contributed by atoms with van der Waals surface area (Å²) in [6.45, 7) is 7.56. The third-order valence-corrected chi connectivity index (χ3v) is 3.41. The molecule has 0 fully saturated rings. The van der Waals surface area contributed by atoms with Gasteiger partial charge in [0, 0.05) is 12.4 Å². The average molecular weight is 269 g/mol. The Balaban J connectivity index is 2.26. The van der Waals surface area contributed by atoms with E-state index in [1.807, 2.05) is 6.20 Å². The van der Waals surface area contributed by atoms with E-state index in [1.165, 1.54) is 11.1 Å². The zero-order valence-corrected chi connectivity index (χ0v) is 12.5. The highest BCUT2D eigenvalue weighted by molar-refractivity contribution is 5.31. The molecule has 0 bridgehead atoms. The summed E-state index contributed by atoms with van der Waals surface area (Å²) in [4.78, 5) is 8.62. The Hall–Kier alpha value is -1.74. The van der Waals surface area contributed by atoms with Crippen LogP contribution in [0.5, 0.6) is 0 Å². The molecule has 2 rings (SSSR count). The lowest BCUT2D eigenvalue weighted by atomic mass is 9.98. The molecule has 0 saturated heterocycles. The van der Waals surface area contributed by atoms with Crippen LogP contribution in [0.15, 0.2) is 42.9 Å². The van der Waals surface area contributed by atoms with Crippen molar-refractivity contribution >= 4 is 0 Å². The van der Waals surface area contributed by atoms with Crippen LogP contribution in [0.1, 0.15) is 56.0 Å². The number of hydrogen-bond donors (Lipinski definition) is 1. The van der Waals surface area contributed by atoms with Crippen molar-refractivity contribution in [1.29, 1.82) is 0 Å². The molecule has 1 atom stereocenters. The second kappa shape index (κ2) is 7.15. The Kier molecular flexibility index (Phi) is 5.24. The lowest BCUT2D eigenvalue weighted by Crippen LogP contribution is -2.24. The minimum atomic E-state index is 0.116. The van der Waals surface area contributed by atoms with Crippen LogP contribution in [-0.4, -0.2) is 16.5 Å². The molecule has 1 N–H and O–H groups in total. The quantitative estimate of drug-likeness (QED) is 0.869. The number of aromatic nitrogens is 2. The zero-order valence-electron chi connectivity index (χ0n) is 12.5. The fraction of sp³-hybridized carbons (Fsp3) is 0.412. The maximum absolute atomic E-state index is 4.44. The first-order chi connectivity index (χ1) is 9.72. The third-order valence-electron chi connectivity index (χ3n) is 3.41. The van der Waals surface area contributed by atoms with Gasteiger partial charge in [0.2, 0.25) is 0 Å². The summed E-state index contributed by atoms with van der Waals surface area (Å²) in [7, 11) is 0. The maximum Gasteiger partial charge on any atom is 0.0801 e. The monoisotopic (exact) mass is 269 g/mol. The Morgan fingerprint density at radius 1 is 1.05 bits per heavy atom. The minimum Gasteiger partial charge on any atom is -0.305 e. The largest absolute Gasteiger partial charge is 0.305 e. The van der Waals surface area contributed by atoms with E-state index in [2.05, 4.69) is 60.3 Å². The van der Waals surface area contributed by atoms with E-state index in [0.717, 1.165) is 18.7 Å². The van der Waals surface area contributed by atoms with Crippen LogP contribution >= 0.6 is 0 Å². The fourth-order valence-corrected chi connectivity index (χ4v) is 2.21. The van der Waals surface area contributed by atoms with E-state index < -0.39 is 0 Å². The summed E-state index contributed by atoms with van der Waals surface area (Å²) in [6.07, 6.45) is 6.39. The summed E-state index contributed by atoms with van der Waals surface area (Å²) >= 11 is 0. The minimum absolute atomic E-state index is 0.116. The molecule has 1 aromatic heterocycles. The summed E-state index contributed by atoms with van der Waals surface area (Å²) in [5, 5.41) is 3.55. The van der Waals surface area contributed by atoms with Crippen LogP contribution in [0.2, 0.25) is 0 Å². The number of nitrogens with one attached hydrogen (secondary N) is 1. The van der Waals surface area contributed by atoms with Crippen molar-refractivity contribution in [3.8, 4) is 0 Å². The fourth-order valence-electron chi connectivity index (χ4n) is 2.21. The van der Waals surface area contributed by atoms with Crippen molar-refractivity contribution in [2.45, 2.75) is 39.2 Å². The number of rotatable bonds is 6. The molecule has 0 aliphatic rings. The number of hydrogen-bond acceptors (Lipinski definition) is 3. The highest BCUT2D eigenvalue weighted by Crippen LogP contribution is 2.22. The highest BCUT2D eigenvalue weighted by atomic mass is 14.9. The molecular formula is C17H23N3. The van der Waals surface area contributed by atoms with Crippen LogP contribution in [-0.2, 0) is 0 Å². The van der Waals surface area contributed by atoms with E-state index >= 15 is 0 Å². The van der Waals surface area contributed by atoms with Gasteiger partial charge in [-0.2, -0.15) is 0 Å². The number of benzene rings is 1. The molecule has 0 aliphatic carbocycles. The summed E-state index contributed by atoms with van der Waals surface area (Å²) in [5.74, 6) is 0.558. The number of nitrogens with zero attached hydrogens (tertiary/aromatic N) is 2. The molecular weight excluding hydrogens is 246 g/mol. The van der Waals surface area contributed by atoms with Crippen LogP contribution < -0.4 is 5.32 Å². The van der Waals surface area contributed by atoms with Gasteiger partial charge >= 0.3 is 0 Å². The van der Waals surface area contributed by atoms with Crippen LogP contribution in [0, 0.1) is 0 Å². The SMILES string of the molecule is CCCNC(c1ccc(C(C)C)cc1)c1cnccn1. The molecule has 2 aromatic rings. The Bertz CT molecular complexity index is 506. The third kappa shape index (κ3) is 3.64. The molecule has 20 heavy (non-hydrogen) atoms. The van der Waals surface area contributed by atoms with Crippen molar-refractivity contribution in [2.75, 3.05) is 6.54 Å². The molecule has 0 amide bonds. The van der Waals surface area contributed by atoms with E-state index in [4.69, 9.17) is 0 Å². The van der Waals surface area contributed by atoms with Crippen molar-refractivity contribution in [1.82, 2.24) is 15.3 Å². The van der Waals surface area contributed by atoms with Crippen LogP contribution in [0.4, 0.5) is 0 Å². The first-order valence-electron chi connectivity index (χ1n) is 7.31. The van der Waals surface area contributed by atoms with Gasteiger partial charge in [-0.25, -0.2) is 0 Å². The van der Waals surface area contributed by atoms with Gasteiger partial charge < -0.3 is 5.32 Å². The van der Waals surface area contributed by atoms with Gasteiger partial charge in [0.05, 0.1) is 17.9 Å². The van der Waals surface area contributed by atoms with Gasteiger partial charge in [0.15, 0.2) is 0 Å². The van der Waals surface area contributed by atoms with E-state index in [1.54, 1.807) is 12.4 Å². The van der Waals surface area contributed by atoms with Crippen molar-refractivity contribution in [2.24, 2.45) is 0 Å². The van der Waals surface area contributed by atoms with Gasteiger partial charge in [-0.15, -0.1) is 0 Å². The molecule has 0 radical (unpaired) electrons. The van der Waals surface area contributed by atoms with E-state index in [9.17, 15) is 0 Å². The Labute approximate surface area is 121 Å². The predicted molar refractivity (Wildman–Crippen MR) is 82.7 cm³/mol. The molecule has 3 heteroatoms. The molecule has 0 aliphatic heterocycles. The second-order valence-electron chi connectivity index (χ2n) is 5.34. The van der Waals surface area contributed by atoms with Gasteiger partial charge in [0.25, 0.3) is 0 Å². The molecule has 0 spiro atoms. The molecule has 3 nitrogen and oxygen atoms in total. The van der Waals surface area contributed by atoms with Crippen molar-refractivity contribution in [3.05, 3.63) is 59.7 Å². The summed E-state index contributed by atoms with van der Waals surface area (Å²) in [5.41, 5.74) is 3.57. The standard InChI is InChI=1S/C17H23N3/c1-4-9-20-17(16-12-18-10-11-19-16)15-7-5-14(6-8-15)13(2)3/h5-8,10-13,17,20H,4,9H2,1-3H3. The van der Waals surface area contributed by atoms with E-state index in [0.29, 0.717) is 5.92 Å². The van der Waals surface area contributed by atoms with Crippen molar-refractivity contribution < 1.29 is 0 Å². The van der Waals surface area contributed by atoms with Gasteiger partial charge in [-0.3, -0.25) is 9.97 Å². The first-order valence-corrected chi connectivity index (χ1v) is 7.31. The first kappa shape index (κ1) is 14.7. The zero-order chi connectivity index (χ0) is 14.4. The van der Waals surface area contributed by atoms with Crippen LogP contribution in [0.25, 0.3) is 0 Å². The lowest BCUT2D eigenvalue weighted by Gasteiger charge is -2.19. The molecule has 1 unspecified atom stereocenters. The molecule has 1 aromatic carbocycles.